The second kappa shape index (κ2) is 3.04. The van der Waals surface area contributed by atoms with E-state index in [4.69, 9.17) is 4.74 Å². The lowest BCUT2D eigenvalue weighted by Crippen LogP contribution is -2.42. The molecule has 0 bridgehead atoms. The van der Waals surface area contributed by atoms with Crippen LogP contribution in [0.2, 0.25) is 0 Å². The van der Waals surface area contributed by atoms with Gasteiger partial charge in [-0.3, -0.25) is 4.90 Å². The van der Waals surface area contributed by atoms with E-state index in [1.807, 2.05) is 13.8 Å². The lowest BCUT2D eigenvalue weighted by Gasteiger charge is -2.30. The van der Waals surface area contributed by atoms with Crippen molar-refractivity contribution in [1.82, 2.24) is 4.90 Å². The highest BCUT2D eigenvalue weighted by Crippen LogP contribution is 2.42. The van der Waals surface area contributed by atoms with Crippen molar-refractivity contribution in [3.05, 3.63) is 12.7 Å². The summed E-state index contributed by atoms with van der Waals surface area (Å²) in [6.45, 7) is 8.77. The van der Waals surface area contributed by atoms with Crippen LogP contribution in [0.1, 0.15) is 26.7 Å². The van der Waals surface area contributed by atoms with Gasteiger partial charge < -0.3 is 4.74 Å². The van der Waals surface area contributed by atoms with Crippen molar-refractivity contribution in [2.45, 2.75) is 44.1 Å². The van der Waals surface area contributed by atoms with Crippen molar-refractivity contribution in [3.8, 4) is 0 Å². The molecule has 3 heteroatoms. The normalized spacial score (nSPS) is 41.2. The molecule has 0 N–H and O–H groups in total. The van der Waals surface area contributed by atoms with Gasteiger partial charge in [-0.15, -0.1) is 6.58 Å². The van der Waals surface area contributed by atoms with Crippen LogP contribution in [0.15, 0.2) is 12.7 Å². The fraction of sp³-hybridized carbons (Fsp3) is 0.818. The Morgan fingerprint density at radius 2 is 2.36 bits per heavy atom. The van der Waals surface area contributed by atoms with Gasteiger partial charge in [0.15, 0.2) is 0 Å². The molecule has 0 aromatic heterocycles. The summed E-state index contributed by atoms with van der Waals surface area (Å²) < 4.78 is 19.8. The van der Waals surface area contributed by atoms with Crippen LogP contribution < -0.4 is 0 Å². The Bertz CT molecular complexity index is 254. The van der Waals surface area contributed by atoms with E-state index < -0.39 is 5.67 Å². The summed E-state index contributed by atoms with van der Waals surface area (Å²) in [5.74, 6) is 0. The summed E-state index contributed by atoms with van der Waals surface area (Å²) >= 11 is 0. The summed E-state index contributed by atoms with van der Waals surface area (Å²) in [4.78, 5) is 2.14. The second-order valence-corrected chi connectivity index (χ2v) is 4.89. The first-order chi connectivity index (χ1) is 6.47. The van der Waals surface area contributed by atoms with E-state index in [2.05, 4.69) is 11.5 Å². The molecule has 0 unspecified atom stereocenters. The van der Waals surface area contributed by atoms with E-state index in [1.54, 1.807) is 6.08 Å². The van der Waals surface area contributed by atoms with Crippen molar-refractivity contribution in [1.29, 1.82) is 0 Å². The monoisotopic (exact) mass is 199 g/mol. The third-order valence-corrected chi connectivity index (χ3v) is 3.33. The predicted molar refractivity (Wildman–Crippen MR) is 53.8 cm³/mol. The molecular weight excluding hydrogens is 181 g/mol. The molecule has 2 heterocycles. The Balaban J connectivity index is 2.11. The SMILES string of the molecule is C=CC[C@]1(F)C[C@H]2COC(C)(C)N2C1. The molecule has 2 nitrogen and oxygen atoms in total. The Hall–Kier alpha value is -0.410. The maximum atomic E-state index is 14.2. The Morgan fingerprint density at radius 3 is 2.93 bits per heavy atom. The molecule has 0 aromatic rings. The zero-order chi connectivity index (χ0) is 10.4. The summed E-state index contributed by atoms with van der Waals surface area (Å²) in [5, 5.41) is 0. The largest absolute Gasteiger partial charge is 0.359 e. The highest BCUT2D eigenvalue weighted by molar-refractivity contribution is 5.04. The topological polar surface area (TPSA) is 12.5 Å². The standard InChI is InChI=1S/C11H18FNO/c1-4-5-11(12)6-9-7-14-10(2,3)13(9)8-11/h4,9H,1,5-8H2,2-3H3/t9-,11-/m0/s1. The van der Waals surface area contributed by atoms with Gasteiger partial charge in [-0.1, -0.05) is 6.08 Å². The molecule has 80 valence electrons. The number of allylic oxidation sites excluding steroid dienone is 1. The van der Waals surface area contributed by atoms with Gasteiger partial charge in [0.25, 0.3) is 0 Å². The molecule has 2 fully saturated rings. The van der Waals surface area contributed by atoms with Gasteiger partial charge in [-0.05, 0) is 13.8 Å². The highest BCUT2D eigenvalue weighted by atomic mass is 19.1. The quantitative estimate of drug-likeness (QED) is 0.631. The molecule has 0 radical (unpaired) electrons. The van der Waals surface area contributed by atoms with Crippen LogP contribution in [-0.4, -0.2) is 35.5 Å². The number of hydrogen-bond donors (Lipinski definition) is 0. The van der Waals surface area contributed by atoms with Gasteiger partial charge in [0.05, 0.1) is 6.61 Å². The summed E-state index contributed by atoms with van der Waals surface area (Å²) in [5.41, 5.74) is -1.37. The molecule has 2 rings (SSSR count). The average Bonchev–Trinajstić information content (AvgIpc) is 2.51. The van der Waals surface area contributed by atoms with Gasteiger partial charge in [0.1, 0.15) is 11.4 Å². The van der Waals surface area contributed by atoms with Crippen molar-refractivity contribution in [3.63, 3.8) is 0 Å². The van der Waals surface area contributed by atoms with Crippen molar-refractivity contribution < 1.29 is 9.13 Å². The summed E-state index contributed by atoms with van der Waals surface area (Å²) in [6.07, 6.45) is 2.72. The third-order valence-electron chi connectivity index (χ3n) is 3.33. The van der Waals surface area contributed by atoms with Crippen molar-refractivity contribution >= 4 is 0 Å². The minimum absolute atomic E-state index is 0.259. The third kappa shape index (κ3) is 1.48. The fourth-order valence-electron chi connectivity index (χ4n) is 2.60. The summed E-state index contributed by atoms with van der Waals surface area (Å²) in [7, 11) is 0. The van der Waals surface area contributed by atoms with Crippen molar-refractivity contribution in [2.24, 2.45) is 0 Å². The number of fused-ring (bicyclic) bond motifs is 1. The first-order valence-electron chi connectivity index (χ1n) is 5.17. The average molecular weight is 199 g/mol. The summed E-state index contributed by atoms with van der Waals surface area (Å²) in [6, 6.07) is 0.259. The molecular formula is C11H18FNO. The molecule has 2 saturated heterocycles. The number of rotatable bonds is 2. The number of halogens is 1. The maximum Gasteiger partial charge on any atom is 0.128 e. The van der Waals surface area contributed by atoms with Crippen LogP contribution in [0.4, 0.5) is 4.39 Å². The van der Waals surface area contributed by atoms with E-state index in [0.29, 0.717) is 26.0 Å². The minimum atomic E-state index is -1.08. The lowest BCUT2D eigenvalue weighted by molar-refractivity contribution is -0.0589. The van der Waals surface area contributed by atoms with Crippen LogP contribution in [0.25, 0.3) is 0 Å². The Morgan fingerprint density at radius 1 is 1.64 bits per heavy atom. The van der Waals surface area contributed by atoms with E-state index in [-0.39, 0.29) is 11.8 Å². The Labute approximate surface area is 84.7 Å². The van der Waals surface area contributed by atoms with Crippen LogP contribution in [0, 0.1) is 0 Å². The molecule has 14 heavy (non-hydrogen) atoms. The van der Waals surface area contributed by atoms with Gasteiger partial charge >= 0.3 is 0 Å². The molecule has 2 aliphatic rings. The van der Waals surface area contributed by atoms with Crippen LogP contribution in [0.5, 0.6) is 0 Å². The van der Waals surface area contributed by atoms with Crippen LogP contribution in [0.3, 0.4) is 0 Å². The molecule has 0 aliphatic carbocycles. The zero-order valence-electron chi connectivity index (χ0n) is 8.92. The van der Waals surface area contributed by atoms with E-state index >= 15 is 0 Å². The van der Waals surface area contributed by atoms with Gasteiger partial charge in [-0.2, -0.15) is 0 Å². The van der Waals surface area contributed by atoms with Gasteiger partial charge in [0.2, 0.25) is 0 Å². The first-order valence-corrected chi connectivity index (χ1v) is 5.17. The molecule has 0 aromatic carbocycles. The molecule has 0 spiro atoms. The van der Waals surface area contributed by atoms with Gasteiger partial charge in [0, 0.05) is 25.4 Å². The number of alkyl halides is 1. The molecule has 0 amide bonds. The first kappa shape index (κ1) is 10.1. The molecule has 0 saturated carbocycles. The van der Waals surface area contributed by atoms with E-state index in [0.717, 1.165) is 0 Å². The van der Waals surface area contributed by atoms with E-state index in [9.17, 15) is 4.39 Å². The van der Waals surface area contributed by atoms with E-state index in [1.165, 1.54) is 0 Å². The van der Waals surface area contributed by atoms with Crippen LogP contribution in [-0.2, 0) is 4.74 Å². The molecule has 2 atom stereocenters. The number of ether oxygens (including phenoxy) is 1. The maximum absolute atomic E-state index is 14.2. The smallest absolute Gasteiger partial charge is 0.128 e. The van der Waals surface area contributed by atoms with Gasteiger partial charge in [-0.25, -0.2) is 4.39 Å². The number of nitrogens with zero attached hydrogens (tertiary/aromatic N) is 1. The van der Waals surface area contributed by atoms with Crippen molar-refractivity contribution in [2.75, 3.05) is 13.2 Å². The predicted octanol–water partition coefficient (Wildman–Crippen LogP) is 2.11. The second-order valence-electron chi connectivity index (χ2n) is 4.89. The lowest BCUT2D eigenvalue weighted by atomic mass is 9.98. The Kier molecular flexibility index (Phi) is 2.20. The van der Waals surface area contributed by atoms with Crippen LogP contribution >= 0.6 is 0 Å². The minimum Gasteiger partial charge on any atom is -0.359 e. The number of hydrogen-bond acceptors (Lipinski definition) is 2. The molecule has 2 aliphatic heterocycles. The highest BCUT2D eigenvalue weighted by Gasteiger charge is 2.52. The zero-order valence-corrected chi connectivity index (χ0v) is 8.92. The fourth-order valence-corrected chi connectivity index (χ4v) is 2.60.